The molecule has 0 unspecified atom stereocenters. The Kier molecular flexibility index (Phi) is 3.31. The number of hydrogen-bond acceptors (Lipinski definition) is 2. The lowest BCUT2D eigenvalue weighted by Gasteiger charge is -2.06. The van der Waals surface area contributed by atoms with Crippen LogP contribution < -0.4 is 4.57 Å². The van der Waals surface area contributed by atoms with Gasteiger partial charge in [-0.15, -0.1) is 0 Å². The van der Waals surface area contributed by atoms with Crippen molar-refractivity contribution in [3.05, 3.63) is 84.4 Å². The molecule has 0 amide bonds. The summed E-state index contributed by atoms with van der Waals surface area (Å²) >= 11 is 0. The highest BCUT2D eigenvalue weighted by Crippen LogP contribution is 2.38. The van der Waals surface area contributed by atoms with E-state index < -0.39 is 0 Å². The van der Waals surface area contributed by atoms with Gasteiger partial charge >= 0.3 is 0 Å². The average Bonchev–Trinajstić information content (AvgIpc) is 3.45. The third-order valence-corrected chi connectivity index (χ3v) is 6.92. The molecule has 4 nitrogen and oxygen atoms in total. The van der Waals surface area contributed by atoms with Gasteiger partial charge in [-0.2, -0.15) is 4.57 Å². The third kappa shape index (κ3) is 2.14. The number of para-hydroxylation sites is 1. The fraction of sp³-hybridized carbons (Fsp3) is 0.107. The van der Waals surface area contributed by atoms with Gasteiger partial charge in [0, 0.05) is 17.7 Å². The van der Waals surface area contributed by atoms with Gasteiger partial charge in [-0.3, -0.25) is 0 Å². The molecule has 4 heteroatoms. The Morgan fingerprint density at radius 3 is 2.50 bits per heavy atom. The zero-order valence-electron chi connectivity index (χ0n) is 18.1. The molecule has 0 bridgehead atoms. The fourth-order valence-electron chi connectivity index (χ4n) is 5.24. The highest BCUT2D eigenvalue weighted by Gasteiger charge is 2.25. The predicted molar refractivity (Wildman–Crippen MR) is 128 cm³/mol. The summed E-state index contributed by atoms with van der Waals surface area (Å²) in [6.45, 7) is 4.36. The van der Waals surface area contributed by atoms with Gasteiger partial charge in [0.15, 0.2) is 11.0 Å². The van der Waals surface area contributed by atoms with Crippen LogP contribution in [0.3, 0.4) is 0 Å². The van der Waals surface area contributed by atoms with E-state index >= 15 is 0 Å². The van der Waals surface area contributed by atoms with Crippen LogP contribution in [0.1, 0.15) is 11.4 Å². The molecule has 7 aromatic rings. The van der Waals surface area contributed by atoms with Gasteiger partial charge in [0.05, 0.1) is 18.7 Å². The number of rotatable bonds is 1. The van der Waals surface area contributed by atoms with Crippen molar-refractivity contribution in [2.45, 2.75) is 13.8 Å². The molecule has 0 saturated carbocycles. The van der Waals surface area contributed by atoms with Crippen molar-refractivity contribution < 1.29 is 13.4 Å². The van der Waals surface area contributed by atoms with Crippen LogP contribution in [-0.4, -0.2) is 4.57 Å². The van der Waals surface area contributed by atoms with Crippen molar-refractivity contribution in [1.29, 1.82) is 0 Å². The molecule has 0 aliphatic heterocycles. The SMILES string of the molecule is Cc1ccccc1-n1c(C)[n+](C)c2c3c(ccc4cc5oc6occc6c5cc43)ccc21. The maximum absolute atomic E-state index is 5.94. The lowest BCUT2D eigenvalue weighted by Crippen LogP contribution is -2.31. The van der Waals surface area contributed by atoms with Gasteiger partial charge in [0.25, 0.3) is 11.6 Å². The molecule has 0 fully saturated rings. The number of aromatic nitrogens is 2. The smallest absolute Gasteiger partial charge is 0.298 e. The van der Waals surface area contributed by atoms with Crippen molar-refractivity contribution >= 4 is 54.7 Å². The number of aryl methyl sites for hydroxylation is 2. The van der Waals surface area contributed by atoms with E-state index in [4.69, 9.17) is 8.83 Å². The van der Waals surface area contributed by atoms with E-state index in [1.807, 2.05) is 6.07 Å². The number of benzene rings is 4. The summed E-state index contributed by atoms with van der Waals surface area (Å²) in [6, 6.07) is 23.8. The zero-order valence-corrected chi connectivity index (χ0v) is 18.1. The zero-order chi connectivity index (χ0) is 21.6. The molecule has 0 N–H and O–H groups in total. The van der Waals surface area contributed by atoms with Gasteiger partial charge in [-0.05, 0) is 65.0 Å². The van der Waals surface area contributed by atoms with Gasteiger partial charge in [-0.1, -0.05) is 30.3 Å². The molecule has 7 rings (SSSR count). The molecule has 3 aromatic heterocycles. The molecule has 0 radical (unpaired) electrons. The highest BCUT2D eigenvalue weighted by molar-refractivity contribution is 6.21. The maximum atomic E-state index is 5.94. The van der Waals surface area contributed by atoms with E-state index in [-0.39, 0.29) is 0 Å². The lowest BCUT2D eigenvalue weighted by molar-refractivity contribution is -0.651. The van der Waals surface area contributed by atoms with Crippen molar-refractivity contribution in [2.75, 3.05) is 0 Å². The maximum Gasteiger partial charge on any atom is 0.298 e. The minimum atomic E-state index is 0.580. The first-order valence-corrected chi connectivity index (χ1v) is 10.8. The highest BCUT2D eigenvalue weighted by atomic mass is 16.5. The fourth-order valence-corrected chi connectivity index (χ4v) is 5.24. The van der Waals surface area contributed by atoms with Gasteiger partial charge in [-0.25, -0.2) is 4.57 Å². The number of furan rings is 2. The quantitative estimate of drug-likeness (QED) is 0.216. The standard InChI is InChI=1S/C28H21N2O2/c1-16-6-4-5-7-23(16)30-17(2)29(3)27-24(30)11-10-18-8-9-19-14-25-22(15-21(19)26(18)27)20-12-13-31-28(20)32-25/h4-15H,1-3H3/q+1. The van der Waals surface area contributed by atoms with E-state index in [0.717, 1.165) is 21.7 Å². The summed E-state index contributed by atoms with van der Waals surface area (Å²) in [4.78, 5) is 0. The van der Waals surface area contributed by atoms with Crippen LogP contribution in [-0.2, 0) is 7.05 Å². The predicted octanol–water partition coefficient (Wildman–Crippen LogP) is 6.87. The van der Waals surface area contributed by atoms with Crippen LogP contribution in [0.4, 0.5) is 0 Å². The molecule has 3 heterocycles. The van der Waals surface area contributed by atoms with Crippen molar-refractivity contribution in [2.24, 2.45) is 7.05 Å². The minimum absolute atomic E-state index is 0.580. The van der Waals surface area contributed by atoms with E-state index in [1.165, 1.54) is 44.3 Å². The number of imidazole rings is 1. The Morgan fingerprint density at radius 1 is 0.812 bits per heavy atom. The summed E-state index contributed by atoms with van der Waals surface area (Å²) in [6.07, 6.45) is 1.69. The molecule has 0 aliphatic rings. The third-order valence-electron chi connectivity index (χ3n) is 6.92. The topological polar surface area (TPSA) is 35.1 Å². The molecule has 0 aliphatic carbocycles. The Bertz CT molecular complexity index is 1860. The van der Waals surface area contributed by atoms with Crippen LogP contribution in [0.15, 0.2) is 81.8 Å². The average molecular weight is 417 g/mol. The Labute approximate surface area is 183 Å². The normalized spacial score (nSPS) is 12.2. The second kappa shape index (κ2) is 6.01. The molecule has 0 spiro atoms. The van der Waals surface area contributed by atoms with E-state index in [2.05, 4.69) is 90.7 Å². The number of hydrogen-bond donors (Lipinski definition) is 0. The molecular weight excluding hydrogens is 396 g/mol. The van der Waals surface area contributed by atoms with Crippen LogP contribution in [0, 0.1) is 13.8 Å². The van der Waals surface area contributed by atoms with Gasteiger partial charge in [0.2, 0.25) is 0 Å². The second-order valence-electron chi connectivity index (χ2n) is 8.62. The Hall–Kier alpha value is -4.05. The van der Waals surface area contributed by atoms with Crippen LogP contribution >= 0.6 is 0 Å². The van der Waals surface area contributed by atoms with Crippen molar-refractivity contribution in [3.63, 3.8) is 0 Å². The number of fused-ring (bicyclic) bond motifs is 8. The largest absolute Gasteiger partial charge is 0.433 e. The van der Waals surface area contributed by atoms with Crippen LogP contribution in [0.25, 0.3) is 60.4 Å². The summed E-state index contributed by atoms with van der Waals surface area (Å²) in [5.74, 6) is 1.78. The molecular formula is C28H21N2O2+. The molecule has 154 valence electrons. The first-order valence-electron chi connectivity index (χ1n) is 10.8. The first-order chi connectivity index (χ1) is 15.6. The Balaban J connectivity index is 1.69. The molecule has 4 aromatic carbocycles. The second-order valence-corrected chi connectivity index (χ2v) is 8.62. The summed E-state index contributed by atoms with van der Waals surface area (Å²) in [7, 11) is 2.16. The summed E-state index contributed by atoms with van der Waals surface area (Å²) < 4.78 is 16.1. The molecule has 0 atom stereocenters. The van der Waals surface area contributed by atoms with E-state index in [1.54, 1.807) is 6.26 Å². The molecule has 0 saturated heterocycles. The summed E-state index contributed by atoms with van der Waals surface area (Å²) in [5.41, 5.74) is 5.78. The van der Waals surface area contributed by atoms with E-state index in [0.29, 0.717) is 5.78 Å². The van der Waals surface area contributed by atoms with Crippen LogP contribution in [0.5, 0.6) is 0 Å². The minimum Gasteiger partial charge on any atom is -0.433 e. The first kappa shape index (κ1) is 17.6. The van der Waals surface area contributed by atoms with E-state index in [9.17, 15) is 0 Å². The van der Waals surface area contributed by atoms with Crippen molar-refractivity contribution in [1.82, 2.24) is 4.57 Å². The van der Waals surface area contributed by atoms with Crippen molar-refractivity contribution in [3.8, 4) is 5.69 Å². The monoisotopic (exact) mass is 417 g/mol. The van der Waals surface area contributed by atoms with Gasteiger partial charge < -0.3 is 8.83 Å². The summed E-state index contributed by atoms with van der Waals surface area (Å²) in [5, 5.41) is 6.98. The molecule has 32 heavy (non-hydrogen) atoms. The lowest BCUT2D eigenvalue weighted by atomic mass is 9.99. The number of nitrogens with zero attached hydrogens (tertiary/aromatic N) is 2. The Morgan fingerprint density at radius 2 is 1.62 bits per heavy atom. The van der Waals surface area contributed by atoms with Crippen LogP contribution in [0.2, 0.25) is 0 Å². The van der Waals surface area contributed by atoms with Gasteiger partial charge in [0.1, 0.15) is 11.3 Å².